The van der Waals surface area contributed by atoms with Gasteiger partial charge in [0, 0.05) is 7.11 Å². The molecule has 1 aromatic carbocycles. The molecule has 2 rings (SSSR count). The van der Waals surface area contributed by atoms with Crippen LogP contribution in [0.4, 0.5) is 17.6 Å². The van der Waals surface area contributed by atoms with Gasteiger partial charge in [0.25, 0.3) is 5.91 Å². The molecule has 1 heterocycles. The van der Waals surface area contributed by atoms with Gasteiger partial charge in [-0.25, -0.2) is 9.37 Å². The Bertz CT molecular complexity index is 789. The SMILES string of the molecule is COC[C@@H](NC(=O)c1cncc(Cl)n1)c1ccc(OC(F)(F)F)c(F)c1. The molecule has 0 radical (unpaired) electrons. The average Bonchev–Trinajstić information content (AvgIpc) is 2.55. The number of carbonyl (C=O) groups is 1. The third-order valence-corrected chi connectivity index (χ3v) is 3.24. The number of ether oxygens (including phenoxy) is 2. The van der Waals surface area contributed by atoms with Gasteiger partial charge in [-0.15, -0.1) is 13.2 Å². The quantitative estimate of drug-likeness (QED) is 0.762. The Morgan fingerprint density at radius 1 is 1.35 bits per heavy atom. The van der Waals surface area contributed by atoms with Crippen LogP contribution in [0.25, 0.3) is 0 Å². The zero-order chi connectivity index (χ0) is 19.3. The van der Waals surface area contributed by atoms with Gasteiger partial charge >= 0.3 is 6.36 Å². The van der Waals surface area contributed by atoms with E-state index in [2.05, 4.69) is 20.0 Å². The normalized spacial score (nSPS) is 12.5. The lowest BCUT2D eigenvalue weighted by atomic mass is 10.1. The molecule has 0 spiro atoms. The molecule has 0 aliphatic rings. The van der Waals surface area contributed by atoms with Crippen molar-refractivity contribution >= 4 is 17.5 Å². The molecule has 0 saturated carbocycles. The lowest BCUT2D eigenvalue weighted by Crippen LogP contribution is -2.32. The van der Waals surface area contributed by atoms with Crippen LogP contribution in [0.3, 0.4) is 0 Å². The number of alkyl halides is 3. The second-order valence-corrected chi connectivity index (χ2v) is 5.33. The Kier molecular flexibility index (Phi) is 6.32. The topological polar surface area (TPSA) is 73.3 Å². The molecule has 0 saturated heterocycles. The molecule has 1 aromatic heterocycles. The summed E-state index contributed by atoms with van der Waals surface area (Å²) in [5, 5.41) is 2.52. The summed E-state index contributed by atoms with van der Waals surface area (Å²) in [7, 11) is 1.34. The molecule has 1 N–H and O–H groups in total. The zero-order valence-corrected chi connectivity index (χ0v) is 13.9. The molecular formula is C15H12ClF4N3O3. The fourth-order valence-corrected chi connectivity index (χ4v) is 2.16. The Morgan fingerprint density at radius 2 is 2.08 bits per heavy atom. The third kappa shape index (κ3) is 5.53. The predicted molar refractivity (Wildman–Crippen MR) is 82.2 cm³/mol. The van der Waals surface area contributed by atoms with Gasteiger partial charge in [0.05, 0.1) is 25.0 Å². The minimum absolute atomic E-state index is 0.000591. The molecule has 26 heavy (non-hydrogen) atoms. The van der Waals surface area contributed by atoms with Crippen molar-refractivity contribution in [2.45, 2.75) is 12.4 Å². The second kappa shape index (κ2) is 8.28. The van der Waals surface area contributed by atoms with Crippen LogP contribution >= 0.6 is 11.6 Å². The van der Waals surface area contributed by atoms with Gasteiger partial charge in [0.15, 0.2) is 11.6 Å². The van der Waals surface area contributed by atoms with Gasteiger partial charge in [0.1, 0.15) is 10.8 Å². The molecule has 140 valence electrons. The minimum Gasteiger partial charge on any atom is -0.403 e. The van der Waals surface area contributed by atoms with Gasteiger partial charge in [-0.2, -0.15) is 0 Å². The van der Waals surface area contributed by atoms with Crippen LogP contribution in [0, 0.1) is 5.82 Å². The predicted octanol–water partition coefficient (Wildman–Crippen LogP) is 3.29. The second-order valence-electron chi connectivity index (χ2n) is 4.95. The smallest absolute Gasteiger partial charge is 0.403 e. The number of rotatable bonds is 6. The van der Waals surface area contributed by atoms with Crippen LogP contribution < -0.4 is 10.1 Å². The van der Waals surface area contributed by atoms with Crippen LogP contribution in [0.5, 0.6) is 5.75 Å². The third-order valence-electron chi connectivity index (χ3n) is 3.06. The van der Waals surface area contributed by atoms with E-state index in [1.165, 1.54) is 25.6 Å². The van der Waals surface area contributed by atoms with Crippen LogP contribution in [0.2, 0.25) is 5.15 Å². The minimum atomic E-state index is -5.02. The summed E-state index contributed by atoms with van der Waals surface area (Å²) < 4.78 is 59.0. The van der Waals surface area contributed by atoms with E-state index in [1.807, 2.05) is 0 Å². The van der Waals surface area contributed by atoms with Gasteiger partial charge in [-0.1, -0.05) is 17.7 Å². The van der Waals surface area contributed by atoms with Crippen molar-refractivity contribution in [3.05, 3.63) is 52.8 Å². The maximum atomic E-state index is 13.9. The van der Waals surface area contributed by atoms with Crippen LogP contribution in [-0.2, 0) is 4.74 Å². The summed E-state index contributed by atoms with van der Waals surface area (Å²) in [6, 6.07) is 1.95. The summed E-state index contributed by atoms with van der Waals surface area (Å²) >= 11 is 5.66. The molecule has 0 aliphatic heterocycles. The lowest BCUT2D eigenvalue weighted by Gasteiger charge is -2.19. The Morgan fingerprint density at radius 3 is 2.65 bits per heavy atom. The first-order chi connectivity index (χ1) is 12.2. The number of benzene rings is 1. The maximum Gasteiger partial charge on any atom is 0.573 e. The zero-order valence-electron chi connectivity index (χ0n) is 13.2. The highest BCUT2D eigenvalue weighted by Gasteiger charge is 2.32. The lowest BCUT2D eigenvalue weighted by molar-refractivity contribution is -0.275. The summed E-state index contributed by atoms with van der Waals surface area (Å²) in [6.07, 6.45) is -2.61. The summed E-state index contributed by atoms with van der Waals surface area (Å²) in [5.74, 6) is -2.89. The van der Waals surface area contributed by atoms with E-state index in [9.17, 15) is 22.4 Å². The van der Waals surface area contributed by atoms with Crippen LogP contribution in [-0.4, -0.2) is 36.0 Å². The van der Waals surface area contributed by atoms with Crippen molar-refractivity contribution in [2.24, 2.45) is 0 Å². The van der Waals surface area contributed by atoms with Crippen molar-refractivity contribution in [3.8, 4) is 5.75 Å². The number of nitrogens with one attached hydrogen (secondary N) is 1. The number of hydrogen-bond acceptors (Lipinski definition) is 5. The van der Waals surface area contributed by atoms with E-state index in [0.717, 1.165) is 12.1 Å². The van der Waals surface area contributed by atoms with E-state index >= 15 is 0 Å². The first-order valence-corrected chi connectivity index (χ1v) is 7.40. The van der Waals surface area contributed by atoms with Crippen molar-refractivity contribution in [2.75, 3.05) is 13.7 Å². The highest BCUT2D eigenvalue weighted by Crippen LogP contribution is 2.28. The fourth-order valence-electron chi connectivity index (χ4n) is 2.01. The number of methoxy groups -OCH3 is 1. The summed E-state index contributed by atoms with van der Waals surface area (Å²) in [6.45, 7) is -0.0708. The standard InChI is InChI=1S/C15H12ClF4N3O3/c1-25-7-11(23-14(24)10-5-21-6-13(16)22-10)8-2-3-12(9(17)4-8)26-15(18,19)20/h2-6,11H,7H2,1H3,(H,23,24)/t11-/m1/s1. The van der Waals surface area contributed by atoms with E-state index in [4.69, 9.17) is 16.3 Å². The number of hydrogen-bond donors (Lipinski definition) is 1. The van der Waals surface area contributed by atoms with Crippen LogP contribution in [0.1, 0.15) is 22.1 Å². The van der Waals surface area contributed by atoms with Gasteiger partial charge in [-0.3, -0.25) is 9.78 Å². The number of nitrogens with zero attached hydrogens (tertiary/aromatic N) is 2. The fraction of sp³-hybridized carbons (Fsp3) is 0.267. The number of amides is 1. The van der Waals surface area contributed by atoms with E-state index in [-0.39, 0.29) is 23.0 Å². The molecule has 2 aromatic rings. The highest BCUT2D eigenvalue weighted by atomic mass is 35.5. The Labute approximate surface area is 150 Å². The monoisotopic (exact) mass is 393 g/mol. The Hall–Kier alpha value is -2.46. The first-order valence-electron chi connectivity index (χ1n) is 7.02. The van der Waals surface area contributed by atoms with Crippen molar-refractivity contribution in [1.82, 2.24) is 15.3 Å². The molecule has 0 fully saturated rings. The molecule has 0 unspecified atom stereocenters. The Balaban J connectivity index is 2.21. The first kappa shape index (κ1) is 19.9. The molecule has 0 bridgehead atoms. The van der Waals surface area contributed by atoms with Crippen molar-refractivity contribution in [1.29, 1.82) is 0 Å². The summed E-state index contributed by atoms with van der Waals surface area (Å²) in [5.41, 5.74) is 0.0818. The molecule has 1 amide bonds. The van der Waals surface area contributed by atoms with E-state index in [0.29, 0.717) is 0 Å². The molecule has 1 atom stereocenters. The van der Waals surface area contributed by atoms with Crippen molar-refractivity contribution in [3.63, 3.8) is 0 Å². The molecule has 11 heteroatoms. The van der Waals surface area contributed by atoms with Gasteiger partial charge in [-0.05, 0) is 17.7 Å². The number of carbonyl (C=O) groups excluding carboxylic acids is 1. The highest BCUT2D eigenvalue weighted by molar-refractivity contribution is 6.29. The van der Waals surface area contributed by atoms with E-state index in [1.54, 1.807) is 0 Å². The van der Waals surface area contributed by atoms with E-state index < -0.39 is 29.9 Å². The largest absolute Gasteiger partial charge is 0.573 e. The van der Waals surface area contributed by atoms with Crippen molar-refractivity contribution < 1.29 is 31.8 Å². The summed E-state index contributed by atoms with van der Waals surface area (Å²) in [4.78, 5) is 19.7. The van der Waals surface area contributed by atoms with Gasteiger partial charge in [0.2, 0.25) is 0 Å². The van der Waals surface area contributed by atoms with Gasteiger partial charge < -0.3 is 14.8 Å². The number of aromatic nitrogens is 2. The molecule has 0 aliphatic carbocycles. The van der Waals surface area contributed by atoms with Crippen LogP contribution in [0.15, 0.2) is 30.6 Å². The average molecular weight is 394 g/mol. The maximum absolute atomic E-state index is 13.9. The number of halogens is 5. The molecular weight excluding hydrogens is 382 g/mol. The molecule has 6 nitrogen and oxygen atoms in total.